The predicted molar refractivity (Wildman–Crippen MR) is 71.5 cm³/mol. The lowest BCUT2D eigenvalue weighted by molar-refractivity contribution is -0.441. The van der Waals surface area contributed by atoms with Gasteiger partial charge >= 0.3 is 0 Å². The maximum atomic E-state index is 10.8. The smallest absolute Gasteiger partial charge is 0.137 e. The molecule has 1 aromatic rings. The zero-order valence-electron chi connectivity index (χ0n) is 11.7. The number of carboxylic acid groups (broad SMARTS) is 1. The second-order valence-corrected chi connectivity index (χ2v) is 6.12. The second-order valence-electron chi connectivity index (χ2n) is 6.12. The molecule has 0 aromatic heterocycles. The molecule has 2 fully saturated rings. The fourth-order valence-corrected chi connectivity index (χ4v) is 3.63. The predicted octanol–water partition coefficient (Wildman–Crippen LogP) is -1.15. The Labute approximate surface area is 122 Å². The Kier molecular flexibility index (Phi) is 3.55. The molecule has 5 heteroatoms. The van der Waals surface area contributed by atoms with E-state index in [9.17, 15) is 19.8 Å². The van der Waals surface area contributed by atoms with Gasteiger partial charge in [0.1, 0.15) is 17.9 Å². The summed E-state index contributed by atoms with van der Waals surface area (Å²) in [5.74, 6) is -1.37. The third kappa shape index (κ3) is 2.47. The molecule has 0 saturated heterocycles. The highest BCUT2D eigenvalue weighted by Gasteiger charge is 2.58. The van der Waals surface area contributed by atoms with Crippen molar-refractivity contribution < 1.29 is 25.5 Å². The minimum absolute atomic E-state index is 0.0752. The number of carbonyl (C=O) groups excluding carboxylic acids is 2. The number of carboxylic acids is 1. The van der Waals surface area contributed by atoms with Crippen LogP contribution in [0.3, 0.4) is 0 Å². The van der Waals surface area contributed by atoms with E-state index in [1.165, 1.54) is 11.1 Å². The first-order chi connectivity index (χ1) is 10.0. The highest BCUT2D eigenvalue weighted by molar-refractivity contribution is 5.93. The van der Waals surface area contributed by atoms with Crippen LogP contribution in [-0.4, -0.2) is 23.0 Å². The molecule has 4 rings (SSSR count). The van der Waals surface area contributed by atoms with Crippen molar-refractivity contribution in [2.45, 2.75) is 31.4 Å². The van der Waals surface area contributed by atoms with E-state index in [0.717, 1.165) is 12.8 Å². The van der Waals surface area contributed by atoms with Gasteiger partial charge in [0.05, 0.1) is 0 Å². The summed E-state index contributed by atoms with van der Waals surface area (Å²) >= 11 is 0. The number of aliphatic hydroxyl groups is 1. The van der Waals surface area contributed by atoms with Crippen LogP contribution < -0.4 is 10.8 Å². The Balaban J connectivity index is 0.000000126. The number of aliphatic hydroxyl groups excluding tert-OH is 1. The molecule has 0 heterocycles. The molecule has 5 nitrogen and oxygen atoms in total. The molecule has 0 bridgehead atoms. The Hall–Kier alpha value is -1.72. The average Bonchev–Trinajstić information content (AvgIpc) is 2.99. The molecule has 0 spiro atoms. The molecule has 21 heavy (non-hydrogen) atoms. The average molecular weight is 289 g/mol. The van der Waals surface area contributed by atoms with Gasteiger partial charge in [-0.2, -0.15) is 0 Å². The zero-order valence-corrected chi connectivity index (χ0v) is 11.7. The molecule has 112 valence electrons. The van der Waals surface area contributed by atoms with Crippen molar-refractivity contribution in [3.05, 3.63) is 35.4 Å². The largest absolute Gasteiger partial charge is 0.550 e. The van der Waals surface area contributed by atoms with Gasteiger partial charge in [-0.15, -0.1) is 0 Å². The molecule has 0 amide bonds. The third-order valence-corrected chi connectivity index (χ3v) is 4.88. The van der Waals surface area contributed by atoms with Crippen LogP contribution >= 0.6 is 0 Å². The molecule has 0 aliphatic heterocycles. The fourth-order valence-electron chi connectivity index (χ4n) is 3.63. The van der Waals surface area contributed by atoms with Crippen molar-refractivity contribution in [2.75, 3.05) is 0 Å². The number of rotatable bonds is 1. The number of ketones is 1. The summed E-state index contributed by atoms with van der Waals surface area (Å²) in [6.45, 7) is 0. The van der Waals surface area contributed by atoms with E-state index in [4.69, 9.17) is 0 Å². The SMILES string of the molecule is O=C([O-])[C@H]1[C@@H]2CCC(=O)[C@@H]21.[NH3+][C@@H]1c2ccccc2C[C@@H]1O. The number of hydrogen-bond acceptors (Lipinski definition) is 4. The van der Waals surface area contributed by atoms with Crippen LogP contribution in [0.25, 0.3) is 0 Å². The molecule has 5 atom stereocenters. The van der Waals surface area contributed by atoms with Crippen LogP contribution in [0, 0.1) is 17.8 Å². The summed E-state index contributed by atoms with van der Waals surface area (Å²) in [6.07, 6.45) is 1.85. The molecule has 3 aliphatic rings. The number of hydrogen-bond donors (Lipinski definition) is 2. The maximum Gasteiger partial charge on any atom is 0.137 e. The lowest BCUT2D eigenvalue weighted by Gasteiger charge is -2.03. The summed E-state index contributed by atoms with van der Waals surface area (Å²) in [6, 6.07) is 8.18. The first-order valence-electron chi connectivity index (χ1n) is 7.33. The maximum absolute atomic E-state index is 10.8. The fraction of sp³-hybridized carbons (Fsp3) is 0.500. The first-order valence-corrected chi connectivity index (χ1v) is 7.33. The highest BCUT2D eigenvalue weighted by atomic mass is 16.4. The van der Waals surface area contributed by atoms with E-state index in [0.29, 0.717) is 6.42 Å². The van der Waals surface area contributed by atoms with E-state index < -0.39 is 11.9 Å². The van der Waals surface area contributed by atoms with Crippen LogP contribution in [-0.2, 0) is 16.0 Å². The number of aliphatic carboxylic acids is 1. The van der Waals surface area contributed by atoms with E-state index in [1.54, 1.807) is 0 Å². The van der Waals surface area contributed by atoms with Crippen LogP contribution in [0.4, 0.5) is 0 Å². The Morgan fingerprint density at radius 1 is 1.33 bits per heavy atom. The minimum atomic E-state index is -1.04. The monoisotopic (exact) mass is 289 g/mol. The molecule has 4 N–H and O–H groups in total. The molecular formula is C16H19NO4. The number of Topliss-reactive ketones (excluding diaryl/α,β-unsaturated/α-hetero) is 1. The van der Waals surface area contributed by atoms with Crippen LogP contribution in [0.15, 0.2) is 24.3 Å². The Morgan fingerprint density at radius 2 is 2.05 bits per heavy atom. The van der Waals surface area contributed by atoms with Crippen LogP contribution in [0.5, 0.6) is 0 Å². The van der Waals surface area contributed by atoms with Gasteiger partial charge in [-0.05, 0) is 17.9 Å². The lowest BCUT2D eigenvalue weighted by atomic mass is 10.1. The standard InChI is InChI=1S/C9H11NO.C7H8O3/c10-9-7-4-2-1-3-6(7)5-8(9)11;8-4-2-1-3-5(4)6(3)7(9)10/h1-4,8-9,11H,5,10H2;3,5-6H,1-2H2,(H,9,10)/t8-,9+;3-,5-,6+/m01/s1. The first kappa shape index (κ1) is 14.2. The molecule has 0 radical (unpaired) electrons. The molecule has 1 aromatic carbocycles. The number of benzene rings is 1. The number of fused-ring (bicyclic) bond motifs is 2. The molecule has 3 aliphatic carbocycles. The molecule has 0 unspecified atom stereocenters. The third-order valence-electron chi connectivity index (χ3n) is 4.88. The van der Waals surface area contributed by atoms with Crippen molar-refractivity contribution in [1.29, 1.82) is 0 Å². The summed E-state index contributed by atoms with van der Waals surface area (Å²) in [4.78, 5) is 21.1. The summed E-state index contributed by atoms with van der Waals surface area (Å²) in [7, 11) is 0. The summed E-state index contributed by atoms with van der Waals surface area (Å²) in [5.41, 5.74) is 6.37. The van der Waals surface area contributed by atoms with Gasteiger partial charge < -0.3 is 20.7 Å². The Morgan fingerprint density at radius 3 is 2.57 bits per heavy atom. The lowest BCUT2D eigenvalue weighted by Crippen LogP contribution is -2.57. The van der Waals surface area contributed by atoms with Crippen molar-refractivity contribution in [3.63, 3.8) is 0 Å². The van der Waals surface area contributed by atoms with Crippen LogP contribution in [0.2, 0.25) is 0 Å². The normalized spacial score (nSPS) is 35.5. The van der Waals surface area contributed by atoms with Crippen molar-refractivity contribution in [3.8, 4) is 0 Å². The van der Waals surface area contributed by atoms with Crippen molar-refractivity contribution >= 4 is 11.8 Å². The Bertz CT molecular complexity index is 581. The molecule has 2 saturated carbocycles. The minimum Gasteiger partial charge on any atom is -0.550 e. The van der Waals surface area contributed by atoms with Gasteiger partial charge in [-0.1, -0.05) is 24.3 Å². The highest BCUT2D eigenvalue weighted by Crippen LogP contribution is 2.54. The number of quaternary nitrogens is 1. The molecular weight excluding hydrogens is 270 g/mol. The van der Waals surface area contributed by atoms with Gasteiger partial charge in [-0.25, -0.2) is 0 Å². The summed E-state index contributed by atoms with van der Waals surface area (Å²) < 4.78 is 0. The van der Waals surface area contributed by atoms with E-state index in [-0.39, 0.29) is 29.8 Å². The van der Waals surface area contributed by atoms with Crippen LogP contribution in [0.1, 0.15) is 30.0 Å². The van der Waals surface area contributed by atoms with Crippen molar-refractivity contribution in [2.24, 2.45) is 17.8 Å². The van der Waals surface area contributed by atoms with E-state index in [2.05, 4.69) is 11.8 Å². The van der Waals surface area contributed by atoms with E-state index in [1.807, 2.05) is 18.2 Å². The zero-order chi connectivity index (χ0) is 15.1. The topological polar surface area (TPSA) is 105 Å². The van der Waals surface area contributed by atoms with Gasteiger partial charge in [0.25, 0.3) is 0 Å². The van der Waals surface area contributed by atoms with Crippen molar-refractivity contribution in [1.82, 2.24) is 0 Å². The van der Waals surface area contributed by atoms with Gasteiger partial charge in [0.15, 0.2) is 0 Å². The van der Waals surface area contributed by atoms with Gasteiger partial charge in [0.2, 0.25) is 0 Å². The second kappa shape index (κ2) is 5.24. The quantitative estimate of drug-likeness (QED) is 0.681. The van der Waals surface area contributed by atoms with E-state index >= 15 is 0 Å². The number of carbonyl (C=O) groups is 2. The van der Waals surface area contributed by atoms with Gasteiger partial charge in [-0.3, -0.25) is 4.79 Å². The van der Waals surface area contributed by atoms with Gasteiger partial charge in [0, 0.05) is 36.2 Å². The summed E-state index contributed by atoms with van der Waals surface area (Å²) in [5, 5.41) is 19.7.